The van der Waals surface area contributed by atoms with Gasteiger partial charge in [-0.3, -0.25) is 4.79 Å². The van der Waals surface area contributed by atoms with E-state index in [0.29, 0.717) is 30.8 Å². The van der Waals surface area contributed by atoms with Gasteiger partial charge in [-0.15, -0.1) is 0 Å². The summed E-state index contributed by atoms with van der Waals surface area (Å²) in [5.41, 5.74) is 2.70. The van der Waals surface area contributed by atoms with E-state index < -0.39 is 23.4 Å². The Bertz CT molecular complexity index is 1220. The zero-order chi connectivity index (χ0) is 26.7. The molecule has 2 aliphatic heterocycles. The van der Waals surface area contributed by atoms with Gasteiger partial charge in [-0.2, -0.15) is 8.78 Å². The van der Waals surface area contributed by atoms with E-state index in [1.165, 1.54) is 42.7 Å². The molecule has 0 N–H and O–H groups in total. The topological polar surface area (TPSA) is 58.6 Å². The number of ether oxygens (including phenoxy) is 1. The number of hydrogen-bond donors (Lipinski definition) is 0. The molecule has 4 heterocycles. The monoisotopic (exact) mass is 524 g/mol. The van der Waals surface area contributed by atoms with Crippen molar-refractivity contribution in [2.24, 2.45) is 0 Å². The third-order valence-electron chi connectivity index (χ3n) is 7.74. The molecule has 9 heteroatoms. The Hall–Kier alpha value is -3.30. The number of fused-ring (bicyclic) bond motifs is 2. The molecule has 1 amide bonds. The second kappa shape index (κ2) is 11.2. The van der Waals surface area contributed by atoms with Crippen LogP contribution in [0.5, 0.6) is 0 Å². The summed E-state index contributed by atoms with van der Waals surface area (Å²) in [6.07, 6.45) is 5.06. The molecular formula is C29H31F3N4O2. The van der Waals surface area contributed by atoms with Crippen molar-refractivity contribution in [3.05, 3.63) is 94.8 Å². The van der Waals surface area contributed by atoms with Gasteiger partial charge in [-0.25, -0.2) is 14.4 Å². The highest BCUT2D eigenvalue weighted by molar-refractivity contribution is 5.87. The Morgan fingerprint density at radius 3 is 2.26 bits per heavy atom. The lowest BCUT2D eigenvalue weighted by Gasteiger charge is -2.39. The molecule has 38 heavy (non-hydrogen) atoms. The number of halogens is 3. The molecule has 1 spiro atoms. The van der Waals surface area contributed by atoms with Gasteiger partial charge in [0.25, 0.3) is 0 Å². The van der Waals surface area contributed by atoms with Crippen LogP contribution in [0.3, 0.4) is 0 Å². The van der Waals surface area contributed by atoms with Crippen LogP contribution in [0.4, 0.5) is 13.2 Å². The highest BCUT2D eigenvalue weighted by Gasteiger charge is 2.42. The van der Waals surface area contributed by atoms with Crippen molar-refractivity contribution in [2.75, 3.05) is 32.7 Å². The number of aromatic nitrogens is 2. The number of piperidine rings is 1. The predicted octanol–water partition coefficient (Wildman–Crippen LogP) is 4.79. The van der Waals surface area contributed by atoms with Crippen molar-refractivity contribution in [3.8, 4) is 0 Å². The Kier molecular flexibility index (Phi) is 7.76. The van der Waals surface area contributed by atoms with Crippen LogP contribution in [0.25, 0.3) is 0 Å². The summed E-state index contributed by atoms with van der Waals surface area (Å²) in [7, 11) is 0. The molecule has 1 fully saturated rings. The van der Waals surface area contributed by atoms with Crippen molar-refractivity contribution >= 4 is 5.91 Å². The maximum Gasteiger partial charge on any atom is 0.234 e. The largest absolute Gasteiger partial charge is 0.365 e. The fraction of sp³-hybridized carbons (Fsp3) is 0.414. The molecule has 3 aromatic rings. The number of carbonyl (C=O) groups is 1. The first-order chi connectivity index (χ1) is 18.4. The number of hydrogen-bond acceptors (Lipinski definition) is 5. The summed E-state index contributed by atoms with van der Waals surface area (Å²) in [4.78, 5) is 25.2. The van der Waals surface area contributed by atoms with Crippen molar-refractivity contribution < 1.29 is 22.7 Å². The SMILES string of the molecule is CCN(CCCN1CCC2(CC1)OCc1ccc(F)cc12)C(=O)C(c1ccc(F)nc1)c1ccc(F)nc1. The van der Waals surface area contributed by atoms with Crippen LogP contribution >= 0.6 is 0 Å². The molecule has 0 atom stereocenters. The lowest BCUT2D eigenvalue weighted by molar-refractivity contribution is -0.131. The maximum atomic E-state index is 13.9. The van der Waals surface area contributed by atoms with E-state index >= 15 is 0 Å². The standard InChI is InChI=1S/C29H31F3N4O2/c1-2-36(28(37)27(20-5-8-25(31)33-17-20)21-6-9-26(32)34-18-21)13-3-12-35-14-10-29(11-15-35)24-16-23(30)7-4-22(24)19-38-29/h4-9,16-18,27H,2-3,10-15,19H2,1H3. The quantitative estimate of drug-likeness (QED) is 0.397. The zero-order valence-corrected chi connectivity index (χ0v) is 21.4. The minimum atomic E-state index is -0.758. The summed E-state index contributed by atoms with van der Waals surface area (Å²) in [5, 5.41) is 0. The molecule has 0 bridgehead atoms. The second-order valence-electron chi connectivity index (χ2n) is 9.96. The number of nitrogens with zero attached hydrogens (tertiary/aromatic N) is 4. The van der Waals surface area contributed by atoms with Crippen LogP contribution < -0.4 is 0 Å². The molecule has 0 unspecified atom stereocenters. The van der Waals surface area contributed by atoms with Crippen molar-refractivity contribution in [3.63, 3.8) is 0 Å². The van der Waals surface area contributed by atoms with E-state index in [9.17, 15) is 18.0 Å². The van der Waals surface area contributed by atoms with Gasteiger partial charge in [0, 0.05) is 38.6 Å². The molecule has 200 valence electrons. The van der Waals surface area contributed by atoms with Gasteiger partial charge in [0.05, 0.1) is 18.1 Å². The van der Waals surface area contributed by atoms with Crippen LogP contribution in [0, 0.1) is 17.7 Å². The lowest BCUT2D eigenvalue weighted by atomic mass is 9.83. The molecule has 1 aromatic carbocycles. The maximum absolute atomic E-state index is 13.9. The molecule has 0 saturated carbocycles. The fourth-order valence-electron chi connectivity index (χ4n) is 5.63. The Morgan fingerprint density at radius 2 is 1.68 bits per heavy atom. The number of benzene rings is 1. The average molecular weight is 525 g/mol. The van der Waals surface area contributed by atoms with Crippen molar-refractivity contribution in [1.82, 2.24) is 19.8 Å². The lowest BCUT2D eigenvalue weighted by Crippen LogP contribution is -2.44. The Morgan fingerprint density at radius 1 is 1.03 bits per heavy atom. The highest BCUT2D eigenvalue weighted by Crippen LogP contribution is 2.44. The Balaban J connectivity index is 1.20. The second-order valence-corrected chi connectivity index (χ2v) is 9.96. The zero-order valence-electron chi connectivity index (χ0n) is 21.4. The number of likely N-dealkylation sites (N-methyl/N-ethyl adjacent to an activating group) is 1. The van der Waals surface area contributed by atoms with Gasteiger partial charge in [-0.1, -0.05) is 18.2 Å². The van der Waals surface area contributed by atoms with Crippen LogP contribution in [0.15, 0.2) is 54.9 Å². The van der Waals surface area contributed by atoms with Gasteiger partial charge in [0.1, 0.15) is 5.82 Å². The molecule has 1 saturated heterocycles. The summed E-state index contributed by atoms with van der Waals surface area (Å²) < 4.78 is 47.0. The summed E-state index contributed by atoms with van der Waals surface area (Å²) in [6, 6.07) is 10.4. The molecule has 6 nitrogen and oxygen atoms in total. The van der Waals surface area contributed by atoms with Gasteiger partial charge in [0.15, 0.2) is 0 Å². The van der Waals surface area contributed by atoms with E-state index in [1.807, 2.05) is 13.0 Å². The third kappa shape index (κ3) is 5.44. The first-order valence-corrected chi connectivity index (χ1v) is 13.1. The molecule has 5 rings (SSSR count). The first kappa shape index (κ1) is 26.3. The normalized spacial score (nSPS) is 16.7. The molecular weight excluding hydrogens is 493 g/mol. The fourth-order valence-corrected chi connectivity index (χ4v) is 5.63. The number of carbonyl (C=O) groups excluding carboxylic acids is 1. The van der Waals surface area contributed by atoms with E-state index in [1.54, 1.807) is 11.0 Å². The Labute approximate surface area is 220 Å². The summed E-state index contributed by atoms with van der Waals surface area (Å²) in [6.45, 7) is 5.97. The van der Waals surface area contributed by atoms with Gasteiger partial charge < -0.3 is 14.5 Å². The van der Waals surface area contributed by atoms with Crippen LogP contribution in [-0.2, 0) is 21.7 Å². The number of rotatable bonds is 8. The van der Waals surface area contributed by atoms with Gasteiger partial charge in [-0.05, 0) is 79.3 Å². The van der Waals surface area contributed by atoms with E-state index in [0.717, 1.165) is 50.0 Å². The molecule has 0 aliphatic carbocycles. The van der Waals surface area contributed by atoms with Crippen molar-refractivity contribution in [1.29, 1.82) is 0 Å². The number of pyridine rings is 2. The minimum absolute atomic E-state index is 0.162. The molecule has 2 aromatic heterocycles. The third-order valence-corrected chi connectivity index (χ3v) is 7.74. The number of amides is 1. The van der Waals surface area contributed by atoms with Crippen molar-refractivity contribution in [2.45, 2.75) is 44.3 Å². The molecule has 2 aliphatic rings. The van der Waals surface area contributed by atoms with E-state index in [4.69, 9.17) is 4.74 Å². The van der Waals surface area contributed by atoms with Crippen LogP contribution in [0.2, 0.25) is 0 Å². The summed E-state index contributed by atoms with van der Waals surface area (Å²) >= 11 is 0. The van der Waals surface area contributed by atoms with Gasteiger partial charge >= 0.3 is 0 Å². The smallest absolute Gasteiger partial charge is 0.234 e. The predicted molar refractivity (Wildman–Crippen MR) is 136 cm³/mol. The van der Waals surface area contributed by atoms with Crippen LogP contribution in [-0.4, -0.2) is 58.4 Å². The first-order valence-electron chi connectivity index (χ1n) is 13.1. The van der Waals surface area contributed by atoms with E-state index in [-0.39, 0.29) is 11.7 Å². The number of likely N-dealkylation sites (tertiary alicyclic amines) is 1. The minimum Gasteiger partial charge on any atom is -0.365 e. The average Bonchev–Trinajstić information content (AvgIpc) is 3.27. The molecule has 0 radical (unpaired) electrons. The summed E-state index contributed by atoms with van der Waals surface area (Å²) in [5.74, 6) is -2.42. The van der Waals surface area contributed by atoms with Crippen LogP contribution in [0.1, 0.15) is 54.4 Å². The van der Waals surface area contributed by atoms with E-state index in [2.05, 4.69) is 14.9 Å². The van der Waals surface area contributed by atoms with Gasteiger partial charge in [0.2, 0.25) is 17.8 Å². The highest BCUT2D eigenvalue weighted by atomic mass is 19.1.